The maximum atomic E-state index is 5.89. The van der Waals surface area contributed by atoms with Crippen molar-refractivity contribution in [3.63, 3.8) is 0 Å². The van der Waals surface area contributed by atoms with Gasteiger partial charge in [-0.25, -0.2) is 0 Å². The molecule has 1 N–H and O–H groups in total. The number of rotatable bonds is 4. The molecule has 0 spiro atoms. The van der Waals surface area contributed by atoms with Crippen molar-refractivity contribution in [2.45, 2.75) is 19.9 Å². The molecule has 19 heavy (non-hydrogen) atoms. The first kappa shape index (κ1) is 13.8. The van der Waals surface area contributed by atoms with Gasteiger partial charge in [0.05, 0.1) is 13.2 Å². The van der Waals surface area contributed by atoms with Crippen LogP contribution in [0.3, 0.4) is 0 Å². The van der Waals surface area contributed by atoms with Crippen LogP contribution in [0.15, 0.2) is 42.5 Å². The Balaban J connectivity index is 2.21. The van der Waals surface area contributed by atoms with Crippen LogP contribution in [-0.2, 0) is 0 Å². The molecular weight excluding hydrogens is 258 g/mol. The Kier molecular flexibility index (Phi) is 4.33. The molecule has 0 bridgehead atoms. The Morgan fingerprint density at radius 2 is 1.79 bits per heavy atom. The summed E-state index contributed by atoms with van der Waals surface area (Å²) in [5.41, 5.74) is 3.42. The largest absolute Gasteiger partial charge is 0.496 e. The third-order valence-corrected chi connectivity index (χ3v) is 3.33. The van der Waals surface area contributed by atoms with Gasteiger partial charge in [0.2, 0.25) is 0 Å². The van der Waals surface area contributed by atoms with Gasteiger partial charge in [-0.15, -0.1) is 0 Å². The van der Waals surface area contributed by atoms with E-state index in [1.807, 2.05) is 30.3 Å². The van der Waals surface area contributed by atoms with Gasteiger partial charge in [0.15, 0.2) is 0 Å². The van der Waals surface area contributed by atoms with Gasteiger partial charge in [-0.3, -0.25) is 0 Å². The molecule has 0 fully saturated rings. The van der Waals surface area contributed by atoms with Crippen molar-refractivity contribution < 1.29 is 4.74 Å². The maximum Gasteiger partial charge on any atom is 0.124 e. The topological polar surface area (TPSA) is 21.3 Å². The van der Waals surface area contributed by atoms with Gasteiger partial charge in [-0.2, -0.15) is 0 Å². The van der Waals surface area contributed by atoms with E-state index in [1.165, 1.54) is 5.56 Å². The number of methoxy groups -OCH3 is 1. The smallest absolute Gasteiger partial charge is 0.124 e. The predicted molar refractivity (Wildman–Crippen MR) is 81.2 cm³/mol. The van der Waals surface area contributed by atoms with Crippen molar-refractivity contribution in [1.82, 2.24) is 0 Å². The Labute approximate surface area is 119 Å². The minimum Gasteiger partial charge on any atom is -0.496 e. The van der Waals surface area contributed by atoms with Crippen molar-refractivity contribution in [1.29, 1.82) is 0 Å². The summed E-state index contributed by atoms with van der Waals surface area (Å²) in [7, 11) is 1.70. The zero-order valence-corrected chi connectivity index (χ0v) is 12.2. The van der Waals surface area contributed by atoms with E-state index < -0.39 is 0 Å². The lowest BCUT2D eigenvalue weighted by Gasteiger charge is -2.19. The molecule has 0 saturated carbocycles. The van der Waals surface area contributed by atoms with Gasteiger partial charge in [0, 0.05) is 16.3 Å². The number of hydrogen-bond acceptors (Lipinski definition) is 2. The van der Waals surface area contributed by atoms with E-state index in [9.17, 15) is 0 Å². The Morgan fingerprint density at radius 1 is 1.11 bits per heavy atom. The molecule has 0 aliphatic rings. The van der Waals surface area contributed by atoms with Crippen LogP contribution in [0.25, 0.3) is 0 Å². The zero-order chi connectivity index (χ0) is 13.8. The molecule has 1 unspecified atom stereocenters. The van der Waals surface area contributed by atoms with Crippen LogP contribution >= 0.6 is 11.6 Å². The fourth-order valence-electron chi connectivity index (χ4n) is 2.07. The Hall–Kier alpha value is -1.67. The number of benzene rings is 2. The lowest BCUT2D eigenvalue weighted by molar-refractivity contribution is 0.408. The molecule has 0 aliphatic heterocycles. The number of nitrogens with one attached hydrogen (secondary N) is 1. The SMILES string of the molecule is COc1ccc(C)cc1C(C)Nc1ccc(Cl)cc1. The van der Waals surface area contributed by atoms with Crippen molar-refractivity contribution in [2.75, 3.05) is 12.4 Å². The second-order valence-electron chi connectivity index (χ2n) is 4.62. The third-order valence-electron chi connectivity index (χ3n) is 3.08. The highest BCUT2D eigenvalue weighted by atomic mass is 35.5. The van der Waals surface area contributed by atoms with Crippen LogP contribution < -0.4 is 10.1 Å². The van der Waals surface area contributed by atoms with E-state index in [4.69, 9.17) is 16.3 Å². The van der Waals surface area contributed by atoms with Crippen LogP contribution in [0.2, 0.25) is 5.02 Å². The zero-order valence-electron chi connectivity index (χ0n) is 11.4. The first-order valence-electron chi connectivity index (χ1n) is 6.27. The molecule has 0 aliphatic carbocycles. The van der Waals surface area contributed by atoms with Crippen LogP contribution in [-0.4, -0.2) is 7.11 Å². The molecule has 2 rings (SSSR count). The summed E-state index contributed by atoms with van der Waals surface area (Å²) in [6.07, 6.45) is 0. The van der Waals surface area contributed by atoms with Gasteiger partial charge in [0.1, 0.15) is 5.75 Å². The van der Waals surface area contributed by atoms with Crippen molar-refractivity contribution >= 4 is 17.3 Å². The highest BCUT2D eigenvalue weighted by Crippen LogP contribution is 2.29. The second-order valence-corrected chi connectivity index (χ2v) is 5.05. The first-order valence-corrected chi connectivity index (χ1v) is 6.64. The highest BCUT2D eigenvalue weighted by Gasteiger charge is 2.11. The van der Waals surface area contributed by atoms with E-state index in [2.05, 4.69) is 31.3 Å². The van der Waals surface area contributed by atoms with Crippen LogP contribution in [0, 0.1) is 6.92 Å². The molecular formula is C16H18ClNO. The number of hydrogen-bond donors (Lipinski definition) is 1. The predicted octanol–water partition coefficient (Wildman–Crippen LogP) is 4.83. The standard InChI is InChI=1S/C16H18ClNO/c1-11-4-9-16(19-3)15(10-11)12(2)18-14-7-5-13(17)6-8-14/h4-10,12,18H,1-3H3. The molecule has 100 valence electrons. The number of halogens is 1. The normalized spacial score (nSPS) is 12.0. The molecule has 0 radical (unpaired) electrons. The van der Waals surface area contributed by atoms with Gasteiger partial charge >= 0.3 is 0 Å². The average molecular weight is 276 g/mol. The number of aryl methyl sites for hydroxylation is 1. The summed E-state index contributed by atoms with van der Waals surface area (Å²) in [6.45, 7) is 4.20. The lowest BCUT2D eigenvalue weighted by Crippen LogP contribution is -2.08. The van der Waals surface area contributed by atoms with Crippen molar-refractivity contribution in [3.05, 3.63) is 58.6 Å². The molecule has 2 nitrogen and oxygen atoms in total. The molecule has 0 heterocycles. The van der Waals surface area contributed by atoms with Gasteiger partial charge in [0.25, 0.3) is 0 Å². The fraction of sp³-hybridized carbons (Fsp3) is 0.250. The van der Waals surface area contributed by atoms with E-state index >= 15 is 0 Å². The van der Waals surface area contributed by atoms with Crippen LogP contribution in [0.4, 0.5) is 5.69 Å². The summed E-state index contributed by atoms with van der Waals surface area (Å²) in [4.78, 5) is 0. The lowest BCUT2D eigenvalue weighted by atomic mass is 10.0. The third kappa shape index (κ3) is 3.42. The first-order chi connectivity index (χ1) is 9.10. The number of anilines is 1. The van der Waals surface area contributed by atoms with Crippen molar-refractivity contribution in [3.8, 4) is 5.75 Å². The van der Waals surface area contributed by atoms with Gasteiger partial charge < -0.3 is 10.1 Å². The van der Waals surface area contributed by atoms with Crippen LogP contribution in [0.5, 0.6) is 5.75 Å². The summed E-state index contributed by atoms with van der Waals surface area (Å²) in [6, 6.07) is 14.1. The van der Waals surface area contributed by atoms with Gasteiger partial charge in [-0.05, 0) is 44.2 Å². The summed E-state index contributed by atoms with van der Waals surface area (Å²) in [5, 5.41) is 4.19. The molecule has 1 atom stereocenters. The van der Waals surface area contributed by atoms with E-state index in [0.29, 0.717) is 0 Å². The molecule has 0 saturated heterocycles. The molecule has 3 heteroatoms. The van der Waals surface area contributed by atoms with Crippen molar-refractivity contribution in [2.24, 2.45) is 0 Å². The maximum absolute atomic E-state index is 5.89. The highest BCUT2D eigenvalue weighted by molar-refractivity contribution is 6.30. The summed E-state index contributed by atoms with van der Waals surface area (Å²) < 4.78 is 5.42. The monoisotopic (exact) mass is 275 g/mol. The minimum absolute atomic E-state index is 0.163. The molecule has 0 amide bonds. The minimum atomic E-state index is 0.163. The molecule has 0 aromatic heterocycles. The quantitative estimate of drug-likeness (QED) is 0.863. The average Bonchev–Trinajstić information content (AvgIpc) is 2.41. The Bertz CT molecular complexity index is 551. The van der Waals surface area contributed by atoms with E-state index in [-0.39, 0.29) is 6.04 Å². The Morgan fingerprint density at radius 3 is 2.42 bits per heavy atom. The fourth-order valence-corrected chi connectivity index (χ4v) is 2.19. The number of ether oxygens (including phenoxy) is 1. The molecule has 2 aromatic carbocycles. The second kappa shape index (κ2) is 5.98. The van der Waals surface area contributed by atoms with E-state index in [0.717, 1.165) is 22.0 Å². The molecule has 2 aromatic rings. The van der Waals surface area contributed by atoms with E-state index in [1.54, 1.807) is 7.11 Å². The van der Waals surface area contributed by atoms with Gasteiger partial charge in [-0.1, -0.05) is 29.3 Å². The summed E-state index contributed by atoms with van der Waals surface area (Å²) >= 11 is 5.89. The summed E-state index contributed by atoms with van der Waals surface area (Å²) in [5.74, 6) is 0.902. The van der Waals surface area contributed by atoms with Crippen LogP contribution in [0.1, 0.15) is 24.1 Å².